The molecule has 0 amide bonds. The van der Waals surface area contributed by atoms with Gasteiger partial charge >= 0.3 is 20.2 Å². The van der Waals surface area contributed by atoms with Crippen molar-refractivity contribution in [2.75, 3.05) is 0 Å². The minimum absolute atomic E-state index is 0.0291. The second-order valence-corrected chi connectivity index (χ2v) is 7.47. The highest BCUT2D eigenvalue weighted by atomic mass is 32.3. The van der Waals surface area contributed by atoms with Crippen LogP contribution in [-0.2, 0) is 20.2 Å². The minimum atomic E-state index is -4.60. The number of hydrogen-bond acceptors (Lipinski definition) is 6. The van der Waals surface area contributed by atoms with Crippen LogP contribution in [0.4, 0.5) is 0 Å². The van der Waals surface area contributed by atoms with Gasteiger partial charge in [-0.1, -0.05) is 43.0 Å². The Bertz CT molecular complexity index is 783. The Morgan fingerprint density at radius 1 is 0.682 bits per heavy atom. The SMILES string of the molecule is C=C(S(=O)(=O)Oc1ccccc1)S(=O)(=O)Oc1ccccc1. The van der Waals surface area contributed by atoms with Gasteiger partial charge in [-0.25, -0.2) is 0 Å². The van der Waals surface area contributed by atoms with Gasteiger partial charge in [-0.2, -0.15) is 16.8 Å². The van der Waals surface area contributed by atoms with Crippen molar-refractivity contribution in [2.24, 2.45) is 0 Å². The molecule has 8 heteroatoms. The zero-order valence-electron chi connectivity index (χ0n) is 11.2. The molecule has 0 aliphatic carbocycles. The molecule has 0 saturated heterocycles. The Morgan fingerprint density at radius 3 is 1.32 bits per heavy atom. The first kappa shape index (κ1) is 16.1. The van der Waals surface area contributed by atoms with Crippen molar-refractivity contribution in [2.45, 2.75) is 0 Å². The normalized spacial score (nSPS) is 11.6. The van der Waals surface area contributed by atoms with Gasteiger partial charge in [-0.05, 0) is 24.3 Å². The number of rotatable bonds is 6. The third-order valence-electron chi connectivity index (χ3n) is 2.46. The van der Waals surface area contributed by atoms with Crippen LogP contribution in [0.1, 0.15) is 0 Å². The third kappa shape index (κ3) is 3.86. The summed E-state index contributed by atoms with van der Waals surface area (Å²) < 4.78 is 56.1. The van der Waals surface area contributed by atoms with Crippen molar-refractivity contribution in [1.82, 2.24) is 0 Å². The zero-order valence-corrected chi connectivity index (χ0v) is 12.9. The van der Waals surface area contributed by atoms with Gasteiger partial charge < -0.3 is 8.37 Å². The summed E-state index contributed by atoms with van der Waals surface area (Å²) >= 11 is 0. The van der Waals surface area contributed by atoms with E-state index in [2.05, 4.69) is 6.58 Å². The molecule has 0 unspecified atom stereocenters. The molecule has 0 bridgehead atoms. The molecule has 0 aromatic heterocycles. The first-order valence-electron chi connectivity index (χ1n) is 5.99. The van der Waals surface area contributed by atoms with Crippen molar-refractivity contribution in [3.05, 3.63) is 71.5 Å². The Labute approximate surface area is 128 Å². The molecule has 0 saturated carbocycles. The highest BCUT2D eigenvalue weighted by Crippen LogP contribution is 2.22. The maximum Gasteiger partial charge on any atom is 0.353 e. The lowest BCUT2D eigenvalue weighted by molar-refractivity contribution is 0.483. The van der Waals surface area contributed by atoms with Crippen LogP contribution in [0.25, 0.3) is 0 Å². The highest BCUT2D eigenvalue weighted by molar-refractivity contribution is 8.10. The van der Waals surface area contributed by atoms with Crippen LogP contribution in [0.15, 0.2) is 71.5 Å². The zero-order chi connectivity index (χ0) is 16.2. The van der Waals surface area contributed by atoms with Gasteiger partial charge in [0.2, 0.25) is 4.24 Å². The lowest BCUT2D eigenvalue weighted by Crippen LogP contribution is -2.21. The van der Waals surface area contributed by atoms with Gasteiger partial charge in [0, 0.05) is 0 Å². The Balaban J connectivity index is 2.22. The van der Waals surface area contributed by atoms with E-state index in [1.54, 1.807) is 36.4 Å². The monoisotopic (exact) mass is 340 g/mol. The quantitative estimate of drug-likeness (QED) is 0.750. The molecule has 2 aromatic carbocycles. The van der Waals surface area contributed by atoms with Gasteiger partial charge in [-0.15, -0.1) is 0 Å². The number of para-hydroxylation sites is 2. The van der Waals surface area contributed by atoms with Crippen molar-refractivity contribution in [3.63, 3.8) is 0 Å². The lowest BCUT2D eigenvalue weighted by atomic mass is 10.3. The molecule has 2 aromatic rings. The summed E-state index contributed by atoms with van der Waals surface area (Å²) in [6.45, 7) is 3.06. The van der Waals surface area contributed by atoms with E-state index in [-0.39, 0.29) is 11.5 Å². The van der Waals surface area contributed by atoms with Crippen molar-refractivity contribution in [1.29, 1.82) is 0 Å². The standard InChI is InChI=1S/C14H12O6S2/c1-12(21(15,16)19-13-8-4-2-5-9-13)22(17,18)20-14-10-6-3-7-11-14/h2-11H,1H2. The first-order valence-corrected chi connectivity index (χ1v) is 8.81. The maximum absolute atomic E-state index is 12.0. The average Bonchev–Trinajstić information content (AvgIpc) is 2.47. The summed E-state index contributed by atoms with van der Waals surface area (Å²) in [6.07, 6.45) is 0. The van der Waals surface area contributed by atoms with Gasteiger partial charge in [0.15, 0.2) is 0 Å². The molecule has 0 spiro atoms. The topological polar surface area (TPSA) is 86.7 Å². The first-order chi connectivity index (χ1) is 10.3. The molecular weight excluding hydrogens is 328 g/mol. The van der Waals surface area contributed by atoms with E-state index in [0.29, 0.717) is 0 Å². The molecule has 0 aliphatic heterocycles. The molecule has 0 N–H and O–H groups in total. The van der Waals surface area contributed by atoms with Crippen LogP contribution in [0.2, 0.25) is 0 Å². The van der Waals surface area contributed by atoms with Crippen LogP contribution in [0, 0.1) is 0 Å². The summed E-state index contributed by atoms with van der Waals surface area (Å²) in [4.78, 5) is 0. The fourth-order valence-corrected chi connectivity index (χ4v) is 3.54. The van der Waals surface area contributed by atoms with Crippen LogP contribution in [-0.4, -0.2) is 16.8 Å². The maximum atomic E-state index is 12.0. The number of benzene rings is 2. The van der Waals surface area contributed by atoms with Crippen molar-refractivity contribution >= 4 is 20.2 Å². The second-order valence-electron chi connectivity index (χ2n) is 4.07. The van der Waals surface area contributed by atoms with Crippen LogP contribution in [0.3, 0.4) is 0 Å². The third-order valence-corrected chi connectivity index (χ3v) is 5.62. The summed E-state index contributed by atoms with van der Waals surface area (Å²) in [5.41, 5.74) is 0. The van der Waals surface area contributed by atoms with Crippen molar-refractivity contribution in [3.8, 4) is 11.5 Å². The minimum Gasteiger partial charge on any atom is -0.378 e. The predicted molar refractivity (Wildman–Crippen MR) is 81.1 cm³/mol. The smallest absolute Gasteiger partial charge is 0.353 e. The summed E-state index contributed by atoms with van der Waals surface area (Å²) in [7, 11) is -9.20. The van der Waals surface area contributed by atoms with Gasteiger partial charge in [-0.3, -0.25) is 0 Å². The summed E-state index contributed by atoms with van der Waals surface area (Å²) in [6, 6.07) is 15.0. The van der Waals surface area contributed by atoms with E-state index >= 15 is 0 Å². The second kappa shape index (κ2) is 6.20. The Kier molecular flexibility index (Phi) is 4.53. The van der Waals surface area contributed by atoms with E-state index in [1.807, 2.05) is 0 Å². The molecule has 2 rings (SSSR count). The predicted octanol–water partition coefficient (Wildman–Crippen LogP) is 2.28. The fourth-order valence-electron chi connectivity index (χ4n) is 1.42. The average molecular weight is 340 g/mol. The van der Waals surface area contributed by atoms with E-state index in [4.69, 9.17) is 8.37 Å². The summed E-state index contributed by atoms with van der Waals surface area (Å²) in [5.74, 6) is -0.0582. The molecule has 0 radical (unpaired) electrons. The van der Waals surface area contributed by atoms with E-state index in [9.17, 15) is 16.8 Å². The molecule has 6 nitrogen and oxygen atoms in total. The van der Waals surface area contributed by atoms with E-state index < -0.39 is 24.5 Å². The lowest BCUT2D eigenvalue weighted by Gasteiger charge is -2.10. The number of hydrogen-bond donors (Lipinski definition) is 0. The molecule has 0 atom stereocenters. The van der Waals surface area contributed by atoms with Gasteiger partial charge in [0.05, 0.1) is 0 Å². The van der Waals surface area contributed by atoms with Crippen LogP contribution in [0.5, 0.6) is 11.5 Å². The van der Waals surface area contributed by atoms with Gasteiger partial charge in [0.1, 0.15) is 11.5 Å². The highest BCUT2D eigenvalue weighted by Gasteiger charge is 2.32. The Morgan fingerprint density at radius 2 is 1.00 bits per heavy atom. The van der Waals surface area contributed by atoms with E-state index in [1.165, 1.54) is 24.3 Å². The summed E-state index contributed by atoms with van der Waals surface area (Å²) in [5, 5.41) is 0. The molecule has 116 valence electrons. The van der Waals surface area contributed by atoms with Crippen molar-refractivity contribution < 1.29 is 25.2 Å². The fraction of sp³-hybridized carbons (Fsp3) is 0. The molecule has 0 heterocycles. The Hall–Kier alpha value is -2.32. The molecule has 0 aliphatic rings. The molecular formula is C14H12O6S2. The van der Waals surface area contributed by atoms with Gasteiger partial charge in [0.25, 0.3) is 0 Å². The van der Waals surface area contributed by atoms with E-state index in [0.717, 1.165) is 0 Å². The molecule has 22 heavy (non-hydrogen) atoms. The van der Waals surface area contributed by atoms with Crippen LogP contribution < -0.4 is 8.37 Å². The van der Waals surface area contributed by atoms with Crippen LogP contribution >= 0.6 is 0 Å². The largest absolute Gasteiger partial charge is 0.378 e. The molecule has 0 fully saturated rings.